The van der Waals surface area contributed by atoms with Crippen LogP contribution in [0, 0.1) is 11.8 Å². The Morgan fingerprint density at radius 2 is 1.80 bits per heavy atom. The lowest BCUT2D eigenvalue weighted by molar-refractivity contribution is 0.00879. The van der Waals surface area contributed by atoms with E-state index in [0.717, 1.165) is 19.3 Å². The van der Waals surface area contributed by atoms with E-state index in [4.69, 9.17) is 33.7 Å². The van der Waals surface area contributed by atoms with Gasteiger partial charge in [-0.1, -0.05) is 37.0 Å². The maximum absolute atomic E-state index is 12.1. The molecule has 0 bridgehead atoms. The van der Waals surface area contributed by atoms with Gasteiger partial charge < -0.3 is 10.5 Å². The number of benzene rings is 1. The van der Waals surface area contributed by atoms with E-state index >= 15 is 0 Å². The summed E-state index contributed by atoms with van der Waals surface area (Å²) in [4.78, 5) is 12.1. The van der Waals surface area contributed by atoms with Gasteiger partial charge in [0, 0.05) is 0 Å². The average Bonchev–Trinajstić information content (AvgIpc) is 2.39. The third-order valence-electron chi connectivity index (χ3n) is 4.14. The van der Waals surface area contributed by atoms with Crippen molar-refractivity contribution in [2.75, 3.05) is 5.73 Å². The molecular weight excluding hydrogens is 297 g/mol. The zero-order chi connectivity index (χ0) is 14.9. The minimum Gasteiger partial charge on any atom is -0.459 e. The van der Waals surface area contributed by atoms with Gasteiger partial charge in [0.15, 0.2) is 0 Å². The highest BCUT2D eigenvalue weighted by Crippen LogP contribution is 2.33. The molecule has 0 heterocycles. The maximum Gasteiger partial charge on any atom is 0.338 e. The van der Waals surface area contributed by atoms with Crippen LogP contribution >= 0.6 is 23.2 Å². The molecule has 0 amide bonds. The van der Waals surface area contributed by atoms with Gasteiger partial charge in [-0.3, -0.25) is 0 Å². The number of carbonyl (C=O) groups is 1. The third-order valence-corrected chi connectivity index (χ3v) is 4.76. The van der Waals surface area contributed by atoms with Crippen LogP contribution in [0.4, 0.5) is 5.69 Å². The van der Waals surface area contributed by atoms with E-state index in [9.17, 15) is 4.79 Å². The molecule has 1 fully saturated rings. The number of nitrogen functional groups attached to an aromatic ring is 1. The fourth-order valence-corrected chi connectivity index (χ4v) is 3.01. The highest BCUT2D eigenvalue weighted by molar-refractivity contribution is 6.39. The largest absolute Gasteiger partial charge is 0.459 e. The quantitative estimate of drug-likeness (QED) is 0.643. The summed E-state index contributed by atoms with van der Waals surface area (Å²) in [6, 6.07) is 3.00. The average molecular weight is 316 g/mol. The van der Waals surface area contributed by atoms with Crippen LogP contribution in [0.25, 0.3) is 0 Å². The Hall–Kier alpha value is -0.930. The number of nitrogens with two attached hydrogens (primary N) is 1. The Morgan fingerprint density at radius 1 is 1.20 bits per heavy atom. The molecule has 110 valence electrons. The molecule has 2 N–H and O–H groups in total. The van der Waals surface area contributed by atoms with Crippen LogP contribution in [0.15, 0.2) is 12.1 Å². The molecule has 3 atom stereocenters. The minimum absolute atomic E-state index is 0.0243. The Balaban J connectivity index is 2.05. The van der Waals surface area contributed by atoms with E-state index in [1.54, 1.807) is 0 Å². The van der Waals surface area contributed by atoms with E-state index in [1.807, 2.05) is 0 Å². The predicted octanol–water partition coefficient (Wildman–Crippen LogP) is 4.56. The van der Waals surface area contributed by atoms with Crippen LogP contribution in [0.2, 0.25) is 10.0 Å². The fourth-order valence-electron chi connectivity index (χ4n) is 2.53. The van der Waals surface area contributed by atoms with Gasteiger partial charge >= 0.3 is 5.97 Å². The number of hydrogen-bond acceptors (Lipinski definition) is 3. The molecule has 3 unspecified atom stereocenters. The van der Waals surface area contributed by atoms with E-state index in [1.165, 1.54) is 12.1 Å². The summed E-state index contributed by atoms with van der Waals surface area (Å²) >= 11 is 11.9. The summed E-state index contributed by atoms with van der Waals surface area (Å²) in [7, 11) is 0. The van der Waals surface area contributed by atoms with Crippen molar-refractivity contribution in [2.24, 2.45) is 11.8 Å². The highest BCUT2D eigenvalue weighted by Gasteiger charge is 2.27. The number of halogens is 2. The van der Waals surface area contributed by atoms with E-state index < -0.39 is 0 Å². The van der Waals surface area contributed by atoms with E-state index in [0.29, 0.717) is 17.4 Å². The first kappa shape index (κ1) is 15.5. The van der Waals surface area contributed by atoms with Crippen LogP contribution in [0.5, 0.6) is 0 Å². The lowest BCUT2D eigenvalue weighted by Crippen LogP contribution is -2.28. The van der Waals surface area contributed by atoms with Crippen molar-refractivity contribution in [1.82, 2.24) is 0 Å². The number of esters is 1. The number of anilines is 1. The monoisotopic (exact) mass is 315 g/mol. The second-order valence-electron chi connectivity index (χ2n) is 5.65. The molecule has 0 aromatic heterocycles. The second-order valence-corrected chi connectivity index (χ2v) is 6.46. The fraction of sp³-hybridized carbons (Fsp3) is 0.533. The summed E-state index contributed by atoms with van der Waals surface area (Å²) in [5, 5.41) is 0.546. The van der Waals surface area contributed by atoms with E-state index in [2.05, 4.69) is 13.8 Å². The molecule has 0 radical (unpaired) electrons. The molecule has 1 aliphatic rings. The van der Waals surface area contributed by atoms with Crippen molar-refractivity contribution in [2.45, 2.75) is 39.2 Å². The summed E-state index contributed by atoms with van der Waals surface area (Å²) in [6.45, 7) is 4.43. The lowest BCUT2D eigenvalue weighted by Gasteiger charge is -2.31. The molecule has 1 saturated carbocycles. The van der Waals surface area contributed by atoms with Crippen molar-refractivity contribution < 1.29 is 9.53 Å². The molecule has 0 aliphatic heterocycles. The molecule has 3 nitrogen and oxygen atoms in total. The van der Waals surface area contributed by atoms with Crippen molar-refractivity contribution >= 4 is 34.9 Å². The maximum atomic E-state index is 12.1. The topological polar surface area (TPSA) is 52.3 Å². The van der Waals surface area contributed by atoms with Crippen molar-refractivity contribution in [1.29, 1.82) is 0 Å². The van der Waals surface area contributed by atoms with Gasteiger partial charge in [0.05, 0.1) is 21.3 Å². The summed E-state index contributed by atoms with van der Waals surface area (Å²) < 4.78 is 5.55. The Bertz CT molecular complexity index is 496. The molecule has 0 saturated heterocycles. The van der Waals surface area contributed by atoms with Gasteiger partial charge in [-0.05, 0) is 43.2 Å². The number of hydrogen-bond donors (Lipinski definition) is 1. The molecule has 5 heteroatoms. The number of carbonyl (C=O) groups excluding carboxylic acids is 1. The van der Waals surface area contributed by atoms with Crippen LogP contribution < -0.4 is 5.73 Å². The van der Waals surface area contributed by atoms with Crippen LogP contribution in [0.3, 0.4) is 0 Å². The molecule has 1 aromatic carbocycles. The molecule has 1 aromatic rings. The first-order chi connectivity index (χ1) is 9.38. The zero-order valence-electron chi connectivity index (χ0n) is 11.7. The first-order valence-corrected chi connectivity index (χ1v) is 7.59. The molecule has 2 rings (SSSR count). The zero-order valence-corrected chi connectivity index (χ0v) is 13.2. The van der Waals surface area contributed by atoms with Crippen molar-refractivity contribution in [3.8, 4) is 0 Å². The highest BCUT2D eigenvalue weighted by atomic mass is 35.5. The normalized spacial score (nSPS) is 26.3. The van der Waals surface area contributed by atoms with Gasteiger partial charge in [0.2, 0.25) is 0 Å². The predicted molar refractivity (Wildman–Crippen MR) is 82.3 cm³/mol. The van der Waals surface area contributed by atoms with Crippen LogP contribution in [-0.2, 0) is 4.74 Å². The van der Waals surface area contributed by atoms with Gasteiger partial charge in [0.25, 0.3) is 0 Å². The standard InChI is InChI=1S/C15H19Cl2NO2/c1-8-3-4-11(5-9(8)2)20-15(19)10-6-12(16)14(18)13(17)7-10/h6-9,11H,3-5,18H2,1-2H3. The minimum atomic E-state index is -0.388. The first-order valence-electron chi connectivity index (χ1n) is 6.84. The molecular formula is C15H19Cl2NO2. The molecule has 0 spiro atoms. The smallest absolute Gasteiger partial charge is 0.338 e. The second kappa shape index (κ2) is 6.23. The number of rotatable bonds is 2. The van der Waals surface area contributed by atoms with E-state index in [-0.39, 0.29) is 27.8 Å². The van der Waals surface area contributed by atoms with Gasteiger partial charge in [-0.25, -0.2) is 4.79 Å². The van der Waals surface area contributed by atoms with Gasteiger partial charge in [0.1, 0.15) is 6.10 Å². The SMILES string of the molecule is CC1CCC(OC(=O)c2cc(Cl)c(N)c(Cl)c2)CC1C. The van der Waals surface area contributed by atoms with Gasteiger partial charge in [-0.15, -0.1) is 0 Å². The number of ether oxygens (including phenoxy) is 1. The Morgan fingerprint density at radius 3 is 2.35 bits per heavy atom. The van der Waals surface area contributed by atoms with Crippen molar-refractivity contribution in [3.05, 3.63) is 27.7 Å². The third kappa shape index (κ3) is 3.39. The summed E-state index contributed by atoms with van der Waals surface area (Å²) in [5.41, 5.74) is 6.28. The molecule has 1 aliphatic carbocycles. The molecule has 20 heavy (non-hydrogen) atoms. The van der Waals surface area contributed by atoms with Crippen molar-refractivity contribution in [3.63, 3.8) is 0 Å². The van der Waals surface area contributed by atoms with Crippen LogP contribution in [-0.4, -0.2) is 12.1 Å². The van der Waals surface area contributed by atoms with Crippen LogP contribution in [0.1, 0.15) is 43.5 Å². The lowest BCUT2D eigenvalue weighted by atomic mass is 9.80. The Labute approximate surface area is 129 Å². The Kier molecular flexibility index (Phi) is 4.82. The summed E-state index contributed by atoms with van der Waals surface area (Å²) in [6.07, 6.45) is 2.88. The van der Waals surface area contributed by atoms with Gasteiger partial charge in [-0.2, -0.15) is 0 Å². The summed E-state index contributed by atoms with van der Waals surface area (Å²) in [5.74, 6) is 0.867.